The summed E-state index contributed by atoms with van der Waals surface area (Å²) in [6.07, 6.45) is 0. The number of hydrazine groups is 1. The minimum absolute atomic E-state index is 0.291. The van der Waals surface area contributed by atoms with Crippen LogP contribution in [0.15, 0.2) is 18.2 Å². The normalized spacial score (nSPS) is 11.5. The number of halogens is 1. The number of benzene rings is 1. The van der Waals surface area contributed by atoms with Gasteiger partial charge in [-0.15, -0.1) is 0 Å². The molecule has 1 amide bonds. The van der Waals surface area contributed by atoms with Crippen molar-refractivity contribution in [2.45, 2.75) is 34.2 Å². The molecule has 0 aliphatic heterocycles. The van der Waals surface area contributed by atoms with Crippen LogP contribution in [0.3, 0.4) is 0 Å². The number of rotatable bonds is 7. The van der Waals surface area contributed by atoms with Crippen molar-refractivity contribution >= 4 is 5.91 Å². The number of nitrogens with one attached hydrogen (secondary N) is 1. The van der Waals surface area contributed by atoms with E-state index < -0.39 is 5.91 Å². The molecule has 0 heterocycles. The molecule has 3 N–H and O–H groups in total. The van der Waals surface area contributed by atoms with Crippen LogP contribution in [0.25, 0.3) is 0 Å². The van der Waals surface area contributed by atoms with Gasteiger partial charge < -0.3 is 0 Å². The van der Waals surface area contributed by atoms with Crippen molar-refractivity contribution < 1.29 is 9.18 Å². The Kier molecular flexibility index (Phi) is 6.78. The van der Waals surface area contributed by atoms with Crippen molar-refractivity contribution in [3.8, 4) is 0 Å². The predicted molar refractivity (Wildman–Crippen MR) is 83.0 cm³/mol. The van der Waals surface area contributed by atoms with Gasteiger partial charge in [0.1, 0.15) is 5.82 Å². The van der Waals surface area contributed by atoms with Gasteiger partial charge in [0.15, 0.2) is 0 Å². The highest BCUT2D eigenvalue weighted by atomic mass is 19.1. The molecule has 118 valence electrons. The number of carbonyl (C=O) groups excluding carboxylic acids is 1. The lowest BCUT2D eigenvalue weighted by Gasteiger charge is -2.26. The molecule has 5 heteroatoms. The zero-order chi connectivity index (χ0) is 16.0. The Labute approximate surface area is 126 Å². The van der Waals surface area contributed by atoms with Gasteiger partial charge in [0, 0.05) is 30.8 Å². The van der Waals surface area contributed by atoms with Crippen molar-refractivity contribution in [2.75, 3.05) is 13.1 Å². The zero-order valence-corrected chi connectivity index (χ0v) is 13.3. The molecule has 1 aromatic rings. The Balaban J connectivity index is 2.93. The summed E-state index contributed by atoms with van der Waals surface area (Å²) in [5.41, 5.74) is 2.97. The largest absolute Gasteiger partial charge is 0.298 e. The third kappa shape index (κ3) is 5.81. The summed E-state index contributed by atoms with van der Waals surface area (Å²) in [5, 5.41) is 0. The average molecular weight is 295 g/mol. The summed E-state index contributed by atoms with van der Waals surface area (Å²) in [6.45, 7) is 10.8. The summed E-state index contributed by atoms with van der Waals surface area (Å²) < 4.78 is 14.0. The summed E-state index contributed by atoms with van der Waals surface area (Å²) in [4.78, 5) is 13.8. The van der Waals surface area contributed by atoms with E-state index in [0.717, 1.165) is 13.1 Å². The van der Waals surface area contributed by atoms with E-state index in [1.807, 2.05) is 0 Å². The van der Waals surface area contributed by atoms with Gasteiger partial charge >= 0.3 is 0 Å². The molecule has 0 fully saturated rings. The predicted octanol–water partition coefficient (Wildman–Crippen LogP) is 2.54. The quantitative estimate of drug-likeness (QED) is 0.462. The first-order valence-corrected chi connectivity index (χ1v) is 7.35. The second-order valence-corrected chi connectivity index (χ2v) is 6.26. The fraction of sp³-hybridized carbons (Fsp3) is 0.562. The maximum absolute atomic E-state index is 14.0. The molecule has 0 saturated heterocycles. The van der Waals surface area contributed by atoms with Crippen molar-refractivity contribution in [3.05, 3.63) is 35.1 Å². The van der Waals surface area contributed by atoms with Crippen LogP contribution in [-0.2, 0) is 6.54 Å². The highest BCUT2D eigenvalue weighted by molar-refractivity contribution is 5.93. The van der Waals surface area contributed by atoms with E-state index in [1.165, 1.54) is 12.1 Å². The SMILES string of the molecule is CC(C)CN(Cc1cc(C(=O)NN)ccc1F)CC(C)C. The van der Waals surface area contributed by atoms with Gasteiger partial charge in [0.05, 0.1) is 0 Å². The molecular weight excluding hydrogens is 269 g/mol. The fourth-order valence-corrected chi connectivity index (χ4v) is 2.40. The number of amides is 1. The number of nitrogen functional groups attached to an aromatic ring is 1. The lowest BCUT2D eigenvalue weighted by Crippen LogP contribution is -2.32. The standard InChI is InChI=1S/C16H26FN3O/c1-11(2)8-20(9-12(3)4)10-14-7-13(16(21)19-18)5-6-15(14)17/h5-7,11-12H,8-10,18H2,1-4H3,(H,19,21). The third-order valence-corrected chi connectivity index (χ3v) is 3.08. The lowest BCUT2D eigenvalue weighted by molar-refractivity contribution is 0.0953. The van der Waals surface area contributed by atoms with E-state index in [2.05, 4.69) is 38.0 Å². The maximum Gasteiger partial charge on any atom is 0.265 e. The van der Waals surface area contributed by atoms with Gasteiger partial charge in [-0.2, -0.15) is 0 Å². The van der Waals surface area contributed by atoms with Crippen molar-refractivity contribution in [3.63, 3.8) is 0 Å². The van der Waals surface area contributed by atoms with Crippen LogP contribution in [0.2, 0.25) is 0 Å². The van der Waals surface area contributed by atoms with Gasteiger partial charge in [-0.05, 0) is 30.0 Å². The topological polar surface area (TPSA) is 58.4 Å². The van der Waals surface area contributed by atoms with Crippen LogP contribution in [0, 0.1) is 17.7 Å². The molecule has 0 aliphatic rings. The molecule has 0 saturated carbocycles. The van der Waals surface area contributed by atoms with Crippen molar-refractivity contribution in [2.24, 2.45) is 17.7 Å². The van der Waals surface area contributed by atoms with Gasteiger partial charge in [-0.3, -0.25) is 15.1 Å². The molecule has 4 nitrogen and oxygen atoms in total. The molecule has 21 heavy (non-hydrogen) atoms. The van der Waals surface area contributed by atoms with Crippen LogP contribution in [0.4, 0.5) is 4.39 Å². The average Bonchev–Trinajstić information content (AvgIpc) is 2.38. The number of hydrogen-bond donors (Lipinski definition) is 2. The zero-order valence-electron chi connectivity index (χ0n) is 13.3. The molecule has 0 aliphatic carbocycles. The second kappa shape index (κ2) is 8.10. The summed E-state index contributed by atoms with van der Waals surface area (Å²) in [5.74, 6) is 5.43. The Bertz CT molecular complexity index is 465. The molecule has 0 spiro atoms. The number of nitrogens with zero attached hydrogens (tertiary/aromatic N) is 1. The molecule has 1 rings (SSSR count). The fourth-order valence-electron chi connectivity index (χ4n) is 2.40. The minimum Gasteiger partial charge on any atom is -0.298 e. The van der Waals surface area contributed by atoms with Crippen LogP contribution >= 0.6 is 0 Å². The molecule has 0 unspecified atom stereocenters. The first kappa shape index (κ1) is 17.6. The lowest BCUT2D eigenvalue weighted by atomic mass is 10.1. The Morgan fingerprint density at radius 3 is 2.29 bits per heavy atom. The number of nitrogens with two attached hydrogens (primary N) is 1. The van der Waals surface area contributed by atoms with E-state index in [4.69, 9.17) is 5.84 Å². The van der Waals surface area contributed by atoms with Crippen molar-refractivity contribution in [1.29, 1.82) is 0 Å². The maximum atomic E-state index is 14.0. The summed E-state index contributed by atoms with van der Waals surface area (Å²) >= 11 is 0. The molecule has 0 atom stereocenters. The van der Waals surface area contributed by atoms with Gasteiger partial charge in [-0.25, -0.2) is 10.2 Å². The Morgan fingerprint density at radius 1 is 1.24 bits per heavy atom. The van der Waals surface area contributed by atoms with Crippen LogP contribution in [0.5, 0.6) is 0 Å². The van der Waals surface area contributed by atoms with Crippen molar-refractivity contribution in [1.82, 2.24) is 10.3 Å². The smallest absolute Gasteiger partial charge is 0.265 e. The third-order valence-electron chi connectivity index (χ3n) is 3.08. The first-order chi connectivity index (χ1) is 9.83. The summed E-state index contributed by atoms with van der Waals surface area (Å²) in [7, 11) is 0. The van der Waals surface area contributed by atoms with E-state index >= 15 is 0 Å². The van der Waals surface area contributed by atoms with Gasteiger partial charge in [0.2, 0.25) is 0 Å². The molecule has 0 aromatic heterocycles. The Hall–Kier alpha value is -1.46. The molecule has 1 aromatic carbocycles. The van der Waals surface area contributed by atoms with E-state index in [0.29, 0.717) is 29.5 Å². The van der Waals surface area contributed by atoms with Crippen LogP contribution in [-0.4, -0.2) is 23.9 Å². The molecular formula is C16H26FN3O. The van der Waals surface area contributed by atoms with E-state index in [1.54, 1.807) is 6.07 Å². The van der Waals surface area contributed by atoms with Crippen LogP contribution in [0.1, 0.15) is 43.6 Å². The summed E-state index contributed by atoms with van der Waals surface area (Å²) in [6, 6.07) is 4.34. The second-order valence-electron chi connectivity index (χ2n) is 6.26. The number of hydrogen-bond acceptors (Lipinski definition) is 3. The van der Waals surface area contributed by atoms with E-state index in [9.17, 15) is 9.18 Å². The highest BCUT2D eigenvalue weighted by Gasteiger charge is 2.14. The first-order valence-electron chi connectivity index (χ1n) is 7.35. The molecule has 0 radical (unpaired) electrons. The van der Waals surface area contributed by atoms with Gasteiger partial charge in [0.25, 0.3) is 5.91 Å². The Morgan fingerprint density at radius 2 is 1.81 bits per heavy atom. The van der Waals surface area contributed by atoms with Gasteiger partial charge in [-0.1, -0.05) is 27.7 Å². The van der Waals surface area contributed by atoms with E-state index in [-0.39, 0.29) is 5.82 Å². The van der Waals surface area contributed by atoms with Crippen LogP contribution < -0.4 is 11.3 Å². The highest BCUT2D eigenvalue weighted by Crippen LogP contribution is 2.15. The molecule has 0 bridgehead atoms. The minimum atomic E-state index is -0.407. The number of carbonyl (C=O) groups is 1. The monoisotopic (exact) mass is 295 g/mol.